The van der Waals surface area contributed by atoms with Crippen molar-refractivity contribution in [1.82, 2.24) is 9.88 Å². The van der Waals surface area contributed by atoms with Crippen LogP contribution in [0.25, 0.3) is 0 Å². The highest BCUT2D eigenvalue weighted by Gasteiger charge is 2.27. The van der Waals surface area contributed by atoms with Gasteiger partial charge in [-0.15, -0.1) is 0 Å². The lowest BCUT2D eigenvalue weighted by Gasteiger charge is -2.35. The average molecular weight is 279 g/mol. The molecular weight excluding hydrogens is 258 g/mol. The Morgan fingerprint density at radius 3 is 2.60 bits per heavy atom. The third kappa shape index (κ3) is 3.19. The number of carbonyl (C=O) groups excluding carboxylic acids is 1. The molecule has 1 fully saturated rings. The zero-order valence-corrected chi connectivity index (χ0v) is 11.6. The van der Waals surface area contributed by atoms with Crippen LogP contribution >= 0.6 is 0 Å². The molecule has 0 saturated heterocycles. The highest BCUT2D eigenvalue weighted by Crippen LogP contribution is 2.23. The van der Waals surface area contributed by atoms with Crippen molar-refractivity contribution in [3.63, 3.8) is 0 Å². The summed E-state index contributed by atoms with van der Waals surface area (Å²) >= 11 is 0. The largest absolute Gasteiger partial charge is 0.494 e. The number of nitrogens with two attached hydrogens (primary N) is 1. The fourth-order valence-corrected chi connectivity index (χ4v) is 2.80. The summed E-state index contributed by atoms with van der Waals surface area (Å²) < 4.78 is 0. The third-order valence-electron chi connectivity index (χ3n) is 3.86. The fourth-order valence-electron chi connectivity index (χ4n) is 2.80. The van der Waals surface area contributed by atoms with Crippen LogP contribution in [0.2, 0.25) is 0 Å². The van der Waals surface area contributed by atoms with Gasteiger partial charge in [0.2, 0.25) is 0 Å². The maximum atomic E-state index is 12.5. The first-order valence-electron chi connectivity index (χ1n) is 7.01. The van der Waals surface area contributed by atoms with Crippen LogP contribution in [-0.4, -0.2) is 39.5 Å². The minimum absolute atomic E-state index is 0.161. The summed E-state index contributed by atoms with van der Waals surface area (Å²) in [6.07, 6.45) is 3.59. The number of hydrogen-bond donors (Lipinski definition) is 3. The summed E-state index contributed by atoms with van der Waals surface area (Å²) in [4.78, 5) is 27.8. The summed E-state index contributed by atoms with van der Waals surface area (Å²) in [5, 5.41) is 9.40. The van der Waals surface area contributed by atoms with E-state index >= 15 is 0 Å². The molecule has 1 aromatic rings. The Labute approximate surface area is 117 Å². The minimum Gasteiger partial charge on any atom is -0.494 e. The van der Waals surface area contributed by atoms with Crippen LogP contribution in [0, 0.1) is 0 Å². The standard InChI is InChI=1S/C14H21N3O3/c1-2-17(11-5-3-10(15)4-6-11)14(20)9-7-12(18)16-13(19)8-9/h7-8,10-11H,2-6,15H2,1H3,(H2,16,18,19). The summed E-state index contributed by atoms with van der Waals surface area (Å²) in [6, 6.07) is 2.90. The lowest BCUT2D eigenvalue weighted by atomic mass is 9.90. The van der Waals surface area contributed by atoms with E-state index in [0.717, 1.165) is 25.7 Å². The van der Waals surface area contributed by atoms with Crippen molar-refractivity contribution < 1.29 is 9.90 Å². The Hall–Kier alpha value is -1.82. The Morgan fingerprint density at radius 2 is 2.05 bits per heavy atom. The molecule has 6 heteroatoms. The fraction of sp³-hybridized carbons (Fsp3) is 0.571. The van der Waals surface area contributed by atoms with Gasteiger partial charge in [-0.25, -0.2) is 0 Å². The molecule has 4 N–H and O–H groups in total. The Kier molecular flexibility index (Phi) is 4.44. The molecule has 1 aliphatic carbocycles. The van der Waals surface area contributed by atoms with E-state index in [-0.39, 0.29) is 29.4 Å². The molecule has 0 atom stereocenters. The number of nitrogens with zero attached hydrogens (tertiary/aromatic N) is 1. The first-order chi connectivity index (χ1) is 9.51. The zero-order valence-electron chi connectivity index (χ0n) is 11.6. The van der Waals surface area contributed by atoms with Crippen LogP contribution in [0.1, 0.15) is 43.0 Å². The predicted octanol–water partition coefficient (Wildman–Crippen LogP) is 0.812. The van der Waals surface area contributed by atoms with Crippen LogP contribution in [-0.2, 0) is 0 Å². The van der Waals surface area contributed by atoms with Crippen molar-refractivity contribution in [3.05, 3.63) is 28.0 Å². The van der Waals surface area contributed by atoms with Crippen LogP contribution < -0.4 is 11.3 Å². The SMILES string of the molecule is CCN(C(=O)c1cc(O)[nH]c(=O)c1)C1CCC(N)CC1. The normalized spacial score (nSPS) is 22.5. The number of nitrogens with one attached hydrogen (secondary N) is 1. The molecule has 1 heterocycles. The first-order valence-corrected chi connectivity index (χ1v) is 7.01. The molecule has 20 heavy (non-hydrogen) atoms. The van der Waals surface area contributed by atoms with E-state index in [1.807, 2.05) is 6.92 Å². The van der Waals surface area contributed by atoms with E-state index in [1.165, 1.54) is 12.1 Å². The molecule has 1 saturated carbocycles. The van der Waals surface area contributed by atoms with Crippen molar-refractivity contribution in [3.8, 4) is 5.88 Å². The van der Waals surface area contributed by atoms with Gasteiger partial charge in [-0.3, -0.25) is 14.6 Å². The minimum atomic E-state index is -0.477. The van der Waals surface area contributed by atoms with Crippen molar-refractivity contribution in [1.29, 1.82) is 0 Å². The monoisotopic (exact) mass is 279 g/mol. The molecule has 0 spiro atoms. The number of hydrogen-bond acceptors (Lipinski definition) is 4. The van der Waals surface area contributed by atoms with Crippen molar-refractivity contribution in [2.45, 2.75) is 44.7 Å². The van der Waals surface area contributed by atoms with Crippen molar-refractivity contribution >= 4 is 5.91 Å². The lowest BCUT2D eigenvalue weighted by Crippen LogP contribution is -2.44. The van der Waals surface area contributed by atoms with E-state index in [0.29, 0.717) is 6.54 Å². The van der Waals surface area contributed by atoms with E-state index < -0.39 is 5.56 Å². The Morgan fingerprint density at radius 1 is 1.40 bits per heavy atom. The van der Waals surface area contributed by atoms with Crippen molar-refractivity contribution in [2.24, 2.45) is 5.73 Å². The molecule has 1 aliphatic rings. The van der Waals surface area contributed by atoms with Gasteiger partial charge >= 0.3 is 0 Å². The second kappa shape index (κ2) is 6.09. The Bertz CT molecular complexity index is 533. The molecular formula is C14H21N3O3. The van der Waals surface area contributed by atoms with Gasteiger partial charge in [0, 0.05) is 30.8 Å². The summed E-state index contributed by atoms with van der Waals surface area (Å²) in [5.74, 6) is -0.503. The number of aromatic hydroxyl groups is 1. The van der Waals surface area contributed by atoms with Crippen LogP contribution in [0.3, 0.4) is 0 Å². The van der Waals surface area contributed by atoms with Crippen LogP contribution in [0.15, 0.2) is 16.9 Å². The second-order valence-electron chi connectivity index (χ2n) is 5.28. The summed E-state index contributed by atoms with van der Waals surface area (Å²) in [5.41, 5.74) is 5.63. The van der Waals surface area contributed by atoms with E-state index in [4.69, 9.17) is 5.73 Å². The van der Waals surface area contributed by atoms with Gasteiger partial charge in [0.25, 0.3) is 11.5 Å². The molecule has 0 unspecified atom stereocenters. The molecule has 1 aromatic heterocycles. The number of amides is 1. The molecule has 0 aromatic carbocycles. The van der Waals surface area contributed by atoms with Gasteiger partial charge in [0.15, 0.2) is 5.88 Å². The quantitative estimate of drug-likeness (QED) is 0.762. The van der Waals surface area contributed by atoms with E-state index in [1.54, 1.807) is 4.90 Å². The van der Waals surface area contributed by atoms with Crippen LogP contribution in [0.5, 0.6) is 5.88 Å². The van der Waals surface area contributed by atoms with Gasteiger partial charge in [-0.05, 0) is 32.6 Å². The maximum Gasteiger partial charge on any atom is 0.254 e. The second-order valence-corrected chi connectivity index (χ2v) is 5.28. The smallest absolute Gasteiger partial charge is 0.254 e. The number of aromatic amines is 1. The molecule has 110 valence electrons. The van der Waals surface area contributed by atoms with Crippen LogP contribution in [0.4, 0.5) is 0 Å². The lowest BCUT2D eigenvalue weighted by molar-refractivity contribution is 0.0640. The topological polar surface area (TPSA) is 99.4 Å². The predicted molar refractivity (Wildman–Crippen MR) is 75.7 cm³/mol. The molecule has 1 amide bonds. The number of rotatable bonds is 3. The highest BCUT2D eigenvalue weighted by atomic mass is 16.3. The number of aromatic nitrogens is 1. The average Bonchev–Trinajstić information content (AvgIpc) is 2.40. The maximum absolute atomic E-state index is 12.5. The van der Waals surface area contributed by atoms with Gasteiger partial charge < -0.3 is 15.7 Å². The molecule has 0 aliphatic heterocycles. The number of pyridine rings is 1. The van der Waals surface area contributed by atoms with Gasteiger partial charge in [-0.1, -0.05) is 0 Å². The highest BCUT2D eigenvalue weighted by molar-refractivity contribution is 5.94. The zero-order chi connectivity index (χ0) is 14.7. The first kappa shape index (κ1) is 14.6. The van der Waals surface area contributed by atoms with Gasteiger partial charge in [-0.2, -0.15) is 0 Å². The van der Waals surface area contributed by atoms with Crippen molar-refractivity contribution in [2.75, 3.05) is 6.54 Å². The molecule has 0 radical (unpaired) electrons. The summed E-state index contributed by atoms with van der Waals surface area (Å²) in [7, 11) is 0. The molecule has 6 nitrogen and oxygen atoms in total. The van der Waals surface area contributed by atoms with Gasteiger partial charge in [0.05, 0.1) is 5.56 Å². The third-order valence-corrected chi connectivity index (χ3v) is 3.86. The van der Waals surface area contributed by atoms with Gasteiger partial charge in [0.1, 0.15) is 0 Å². The summed E-state index contributed by atoms with van der Waals surface area (Å²) in [6.45, 7) is 2.49. The molecule has 2 rings (SSSR count). The van der Waals surface area contributed by atoms with E-state index in [9.17, 15) is 14.7 Å². The van der Waals surface area contributed by atoms with E-state index in [2.05, 4.69) is 4.98 Å². The number of H-pyrrole nitrogens is 1. The molecule has 0 bridgehead atoms. The number of carbonyl (C=O) groups is 1. The Balaban J connectivity index is 2.18.